The molecule has 1 saturated heterocycles. The van der Waals surface area contributed by atoms with Gasteiger partial charge in [-0.2, -0.15) is 13.2 Å². The van der Waals surface area contributed by atoms with Crippen molar-refractivity contribution in [3.05, 3.63) is 49.1 Å². The number of nitrogens with one attached hydrogen (secondary N) is 1. The lowest BCUT2D eigenvalue weighted by molar-refractivity contribution is -0.168. The van der Waals surface area contributed by atoms with Crippen LogP contribution in [0.2, 0.25) is 0 Å². The molecule has 2 fully saturated rings. The first-order valence-electron chi connectivity index (χ1n) is 12.2. The Labute approximate surface area is 211 Å². The molecule has 0 bridgehead atoms. The van der Waals surface area contributed by atoms with Gasteiger partial charge in [-0.25, -0.2) is 19.7 Å². The minimum Gasteiger partial charge on any atom is -0.396 e. The summed E-state index contributed by atoms with van der Waals surface area (Å²) in [5.41, 5.74) is 7.86. The van der Waals surface area contributed by atoms with Gasteiger partial charge < -0.3 is 10.6 Å². The molecule has 1 saturated carbocycles. The average molecular weight is 513 g/mol. The summed E-state index contributed by atoms with van der Waals surface area (Å²) >= 11 is 0. The van der Waals surface area contributed by atoms with Crippen molar-refractivity contribution in [2.24, 2.45) is 5.92 Å². The van der Waals surface area contributed by atoms with Crippen LogP contribution in [-0.4, -0.2) is 51.3 Å². The fraction of sp³-hybridized carbons (Fsp3) is 0.400. The number of anilines is 4. The zero-order chi connectivity index (χ0) is 26.0. The fourth-order valence-electron chi connectivity index (χ4n) is 4.93. The first kappa shape index (κ1) is 24.7. The molecule has 9 nitrogen and oxygen atoms in total. The Hall–Kier alpha value is -3.96. The van der Waals surface area contributed by atoms with Gasteiger partial charge in [0, 0.05) is 43.3 Å². The van der Waals surface area contributed by atoms with Gasteiger partial charge in [0.1, 0.15) is 5.82 Å². The quantitative estimate of drug-likeness (QED) is 0.501. The molecule has 4 heterocycles. The van der Waals surface area contributed by atoms with Crippen LogP contribution in [0.25, 0.3) is 11.3 Å². The molecule has 1 unspecified atom stereocenters. The molecule has 12 heteroatoms. The lowest BCUT2D eigenvalue weighted by atomic mass is 10.1. The van der Waals surface area contributed by atoms with E-state index in [0.717, 1.165) is 25.7 Å². The summed E-state index contributed by atoms with van der Waals surface area (Å²) < 4.78 is 39.5. The Balaban J connectivity index is 1.44. The SMILES string of the molecule is Nc1ccc(-c2ccnc(N3CCC(C(F)(F)F)C3)c2)nc1N(C(=O)Nc1cnccn1)C1CCCC1. The Kier molecular flexibility index (Phi) is 6.81. The molecule has 3 aromatic heterocycles. The Morgan fingerprint density at radius 1 is 1.08 bits per heavy atom. The summed E-state index contributed by atoms with van der Waals surface area (Å²) in [7, 11) is 0. The largest absolute Gasteiger partial charge is 0.396 e. The maximum Gasteiger partial charge on any atom is 0.393 e. The number of pyridine rings is 2. The van der Waals surface area contributed by atoms with E-state index in [4.69, 9.17) is 10.7 Å². The molecule has 3 aromatic rings. The van der Waals surface area contributed by atoms with E-state index in [9.17, 15) is 18.0 Å². The minimum atomic E-state index is -4.23. The lowest BCUT2D eigenvalue weighted by Crippen LogP contribution is -2.43. The Bertz CT molecular complexity index is 1250. The second kappa shape index (κ2) is 10.2. The van der Waals surface area contributed by atoms with Crippen molar-refractivity contribution in [3.8, 4) is 11.3 Å². The van der Waals surface area contributed by atoms with E-state index in [1.54, 1.807) is 40.3 Å². The van der Waals surface area contributed by atoms with Gasteiger partial charge >= 0.3 is 12.2 Å². The molecule has 2 aliphatic rings. The number of alkyl halides is 3. The normalized spacial score (nSPS) is 18.2. The standard InChI is InChI=1S/C25H27F3N8O/c26-25(27,28)17-8-12-35(15-17)22-13-16(7-9-32-22)20-6-5-19(29)23(33-20)36(18-3-1-2-4-18)24(37)34-21-14-30-10-11-31-21/h5-7,9-11,13-14,17-18H,1-4,8,12,15,29H2,(H,31,34,37). The van der Waals surface area contributed by atoms with Crippen molar-refractivity contribution >= 4 is 29.2 Å². The lowest BCUT2D eigenvalue weighted by Gasteiger charge is -2.29. The number of urea groups is 1. The molecule has 1 aliphatic heterocycles. The molecule has 3 N–H and O–H groups in total. The predicted octanol–water partition coefficient (Wildman–Crippen LogP) is 4.89. The maximum absolute atomic E-state index is 13.4. The second-order valence-corrected chi connectivity index (χ2v) is 9.31. The number of halogens is 3. The smallest absolute Gasteiger partial charge is 0.393 e. The van der Waals surface area contributed by atoms with Crippen LogP contribution in [0, 0.1) is 5.92 Å². The van der Waals surface area contributed by atoms with Gasteiger partial charge in [0.2, 0.25) is 0 Å². The molecule has 0 radical (unpaired) electrons. The number of amides is 2. The number of carbonyl (C=O) groups is 1. The van der Waals surface area contributed by atoms with Gasteiger partial charge in [-0.05, 0) is 43.5 Å². The van der Waals surface area contributed by atoms with E-state index < -0.39 is 18.1 Å². The van der Waals surface area contributed by atoms with E-state index in [0.29, 0.717) is 34.4 Å². The van der Waals surface area contributed by atoms with E-state index in [1.807, 2.05) is 0 Å². The summed E-state index contributed by atoms with van der Waals surface area (Å²) in [6, 6.07) is 6.38. The number of hydrogen-bond acceptors (Lipinski definition) is 7. The summed E-state index contributed by atoms with van der Waals surface area (Å²) in [5, 5.41) is 2.78. The number of hydrogen-bond donors (Lipinski definition) is 2. The van der Waals surface area contributed by atoms with Gasteiger partial charge in [0.15, 0.2) is 11.6 Å². The average Bonchev–Trinajstić information content (AvgIpc) is 3.59. The molecule has 2 amide bonds. The summed E-state index contributed by atoms with van der Waals surface area (Å²) in [5.74, 6) is -0.279. The van der Waals surface area contributed by atoms with E-state index in [1.165, 1.54) is 18.6 Å². The van der Waals surface area contributed by atoms with E-state index >= 15 is 0 Å². The highest BCUT2D eigenvalue weighted by Gasteiger charge is 2.43. The maximum atomic E-state index is 13.4. The first-order valence-corrected chi connectivity index (χ1v) is 12.2. The second-order valence-electron chi connectivity index (χ2n) is 9.31. The summed E-state index contributed by atoms with van der Waals surface area (Å²) in [6.45, 7) is 0.150. The van der Waals surface area contributed by atoms with Crippen LogP contribution in [0.1, 0.15) is 32.1 Å². The van der Waals surface area contributed by atoms with Crippen molar-refractivity contribution in [1.82, 2.24) is 19.9 Å². The fourth-order valence-corrected chi connectivity index (χ4v) is 4.93. The van der Waals surface area contributed by atoms with Crippen LogP contribution in [0.4, 0.5) is 41.1 Å². The highest BCUT2D eigenvalue weighted by Crippen LogP contribution is 2.37. The van der Waals surface area contributed by atoms with Crippen LogP contribution in [0.5, 0.6) is 0 Å². The number of aromatic nitrogens is 4. The topological polar surface area (TPSA) is 113 Å². The van der Waals surface area contributed by atoms with Crippen molar-refractivity contribution in [2.75, 3.05) is 33.9 Å². The van der Waals surface area contributed by atoms with Crippen molar-refractivity contribution in [1.29, 1.82) is 0 Å². The van der Waals surface area contributed by atoms with Crippen molar-refractivity contribution < 1.29 is 18.0 Å². The van der Waals surface area contributed by atoms with Gasteiger partial charge in [-0.3, -0.25) is 15.2 Å². The number of nitrogens with two attached hydrogens (primary N) is 1. The first-order chi connectivity index (χ1) is 17.8. The van der Waals surface area contributed by atoms with Crippen LogP contribution < -0.4 is 20.9 Å². The molecule has 37 heavy (non-hydrogen) atoms. The number of nitrogens with zero attached hydrogens (tertiary/aromatic N) is 6. The molecule has 0 aromatic carbocycles. The molecular weight excluding hydrogens is 485 g/mol. The zero-order valence-corrected chi connectivity index (χ0v) is 20.0. The van der Waals surface area contributed by atoms with Crippen molar-refractivity contribution in [3.63, 3.8) is 0 Å². The molecule has 5 rings (SSSR count). The Morgan fingerprint density at radius 3 is 2.59 bits per heavy atom. The molecule has 194 valence electrons. The molecule has 1 atom stereocenters. The van der Waals surface area contributed by atoms with Crippen LogP contribution in [-0.2, 0) is 0 Å². The van der Waals surface area contributed by atoms with Gasteiger partial charge in [-0.15, -0.1) is 0 Å². The van der Waals surface area contributed by atoms with Crippen LogP contribution in [0.3, 0.4) is 0 Å². The number of nitrogen functional groups attached to an aromatic ring is 1. The van der Waals surface area contributed by atoms with Gasteiger partial charge in [0.05, 0.1) is 23.5 Å². The van der Waals surface area contributed by atoms with Crippen molar-refractivity contribution in [2.45, 2.75) is 44.3 Å². The summed E-state index contributed by atoms with van der Waals surface area (Å²) in [4.78, 5) is 33.8. The number of carbonyl (C=O) groups excluding carboxylic acids is 1. The minimum absolute atomic E-state index is 0.0386. The third-order valence-corrected chi connectivity index (χ3v) is 6.86. The highest BCUT2D eigenvalue weighted by molar-refractivity contribution is 6.03. The molecular formula is C25H27F3N8O. The zero-order valence-electron chi connectivity index (χ0n) is 20.0. The predicted molar refractivity (Wildman–Crippen MR) is 134 cm³/mol. The highest BCUT2D eigenvalue weighted by atomic mass is 19.4. The monoisotopic (exact) mass is 512 g/mol. The Morgan fingerprint density at radius 2 is 1.89 bits per heavy atom. The van der Waals surface area contributed by atoms with E-state index in [-0.39, 0.29) is 25.6 Å². The van der Waals surface area contributed by atoms with Crippen LogP contribution in [0.15, 0.2) is 49.1 Å². The van der Waals surface area contributed by atoms with Crippen LogP contribution >= 0.6 is 0 Å². The molecule has 0 spiro atoms. The number of rotatable bonds is 5. The third-order valence-electron chi connectivity index (χ3n) is 6.86. The van der Waals surface area contributed by atoms with E-state index in [2.05, 4.69) is 20.3 Å². The van der Waals surface area contributed by atoms with Gasteiger partial charge in [-0.1, -0.05) is 12.8 Å². The summed E-state index contributed by atoms with van der Waals surface area (Å²) in [6.07, 6.45) is 5.43. The third kappa shape index (κ3) is 5.42. The molecule has 1 aliphatic carbocycles. The van der Waals surface area contributed by atoms with Gasteiger partial charge in [0.25, 0.3) is 0 Å².